The summed E-state index contributed by atoms with van der Waals surface area (Å²) in [5.74, 6) is 0.442. The number of carbonyl (C=O) groups excluding carboxylic acids is 1. The van der Waals surface area contributed by atoms with E-state index in [1.165, 1.54) is 12.8 Å². The molecule has 3 heteroatoms. The number of unbranched alkanes of at least 4 members (excludes halogenated alkanes) is 2. The zero-order chi connectivity index (χ0) is 13.2. The number of hydrogen-bond donors (Lipinski definition) is 1. The largest absolute Gasteiger partial charge is 0.381 e. The zero-order valence-electron chi connectivity index (χ0n) is 11.5. The van der Waals surface area contributed by atoms with Crippen LogP contribution < -0.4 is 5.32 Å². The van der Waals surface area contributed by atoms with Crippen molar-refractivity contribution in [3.8, 4) is 0 Å². The Kier molecular flexibility index (Phi) is 7.42. The van der Waals surface area contributed by atoms with Gasteiger partial charge in [-0.15, -0.1) is 0 Å². The monoisotopic (exact) mass is 251 g/mol. The van der Waals surface area contributed by atoms with Gasteiger partial charge in [0.05, 0.1) is 6.61 Å². The average molecular weight is 251 g/mol. The predicted octanol–water partition coefficient (Wildman–Crippen LogP) is 2.83. The van der Waals surface area contributed by atoms with Gasteiger partial charge in [0.2, 0.25) is 5.91 Å². The lowest BCUT2D eigenvalue weighted by molar-refractivity contribution is -0.117. The number of hydrogen-bond acceptors (Lipinski definition) is 2. The molecule has 0 saturated carbocycles. The van der Waals surface area contributed by atoms with Crippen LogP contribution in [0.2, 0.25) is 0 Å². The summed E-state index contributed by atoms with van der Waals surface area (Å²) in [5, 5.41) is 2.98. The minimum absolute atomic E-state index is 0.0189. The van der Waals surface area contributed by atoms with Gasteiger partial charge in [-0.2, -0.15) is 0 Å². The van der Waals surface area contributed by atoms with Gasteiger partial charge >= 0.3 is 0 Å². The van der Waals surface area contributed by atoms with Gasteiger partial charge in [-0.05, 0) is 19.8 Å². The topological polar surface area (TPSA) is 38.3 Å². The number of amides is 1. The Morgan fingerprint density at radius 1 is 1.50 bits per heavy atom. The highest BCUT2D eigenvalue weighted by molar-refractivity contribution is 5.87. The van der Waals surface area contributed by atoms with Gasteiger partial charge in [0.1, 0.15) is 0 Å². The number of rotatable bonds is 7. The molecule has 0 aromatic rings. The van der Waals surface area contributed by atoms with Crippen LogP contribution in [-0.2, 0) is 9.53 Å². The SMILES string of the molecule is CCCC/C=C/C=C/C(=O)NC(C)C1CCOC1. The first kappa shape index (κ1) is 15.0. The first-order chi connectivity index (χ1) is 8.74. The molecule has 2 atom stereocenters. The van der Waals surface area contributed by atoms with Crippen molar-refractivity contribution in [2.75, 3.05) is 13.2 Å². The molecule has 0 aromatic carbocycles. The fourth-order valence-electron chi connectivity index (χ4n) is 1.98. The molecule has 1 heterocycles. The molecule has 1 amide bonds. The fourth-order valence-corrected chi connectivity index (χ4v) is 1.98. The van der Waals surface area contributed by atoms with Gasteiger partial charge in [0.15, 0.2) is 0 Å². The summed E-state index contributed by atoms with van der Waals surface area (Å²) in [6.07, 6.45) is 12.0. The number of carbonyl (C=O) groups is 1. The number of ether oxygens (including phenoxy) is 1. The van der Waals surface area contributed by atoms with E-state index in [1.807, 2.05) is 19.1 Å². The van der Waals surface area contributed by atoms with E-state index in [0.29, 0.717) is 5.92 Å². The highest BCUT2D eigenvalue weighted by atomic mass is 16.5. The van der Waals surface area contributed by atoms with Gasteiger partial charge in [-0.25, -0.2) is 0 Å². The third-order valence-electron chi connectivity index (χ3n) is 3.26. The summed E-state index contributed by atoms with van der Waals surface area (Å²) >= 11 is 0. The first-order valence-electron chi connectivity index (χ1n) is 6.95. The highest BCUT2D eigenvalue weighted by Crippen LogP contribution is 2.16. The highest BCUT2D eigenvalue weighted by Gasteiger charge is 2.22. The van der Waals surface area contributed by atoms with E-state index < -0.39 is 0 Å². The summed E-state index contributed by atoms with van der Waals surface area (Å²) in [6.45, 7) is 5.80. The van der Waals surface area contributed by atoms with Crippen LogP contribution in [0.4, 0.5) is 0 Å². The standard InChI is InChI=1S/C15H25NO2/c1-3-4-5-6-7-8-9-15(17)16-13(2)14-10-11-18-12-14/h6-9,13-14H,3-5,10-12H2,1-2H3,(H,16,17)/b7-6+,9-8+. The van der Waals surface area contributed by atoms with Crippen molar-refractivity contribution in [3.05, 3.63) is 24.3 Å². The van der Waals surface area contributed by atoms with Crippen LogP contribution in [0.5, 0.6) is 0 Å². The van der Waals surface area contributed by atoms with Gasteiger partial charge in [-0.3, -0.25) is 4.79 Å². The summed E-state index contributed by atoms with van der Waals surface area (Å²) in [6, 6.07) is 0.189. The molecule has 0 bridgehead atoms. The molecule has 102 valence electrons. The Balaban J connectivity index is 2.19. The quantitative estimate of drug-likeness (QED) is 0.429. The molecular weight excluding hydrogens is 226 g/mol. The van der Waals surface area contributed by atoms with Gasteiger partial charge in [0, 0.05) is 24.6 Å². The Labute approximate surface area is 110 Å². The molecule has 1 saturated heterocycles. The Bertz CT molecular complexity index is 291. The van der Waals surface area contributed by atoms with E-state index in [9.17, 15) is 4.79 Å². The maximum absolute atomic E-state index is 11.6. The fraction of sp³-hybridized carbons (Fsp3) is 0.667. The molecule has 0 aliphatic carbocycles. The molecule has 1 aliphatic heterocycles. The van der Waals surface area contributed by atoms with E-state index in [-0.39, 0.29) is 11.9 Å². The van der Waals surface area contributed by atoms with Crippen LogP contribution in [0.15, 0.2) is 24.3 Å². The minimum Gasteiger partial charge on any atom is -0.381 e. The van der Waals surface area contributed by atoms with Crippen molar-refractivity contribution in [3.63, 3.8) is 0 Å². The third kappa shape index (κ3) is 6.01. The van der Waals surface area contributed by atoms with E-state index in [0.717, 1.165) is 26.1 Å². The molecule has 1 rings (SSSR count). The maximum Gasteiger partial charge on any atom is 0.244 e. The van der Waals surface area contributed by atoms with Crippen LogP contribution in [0.3, 0.4) is 0 Å². The van der Waals surface area contributed by atoms with Gasteiger partial charge in [-0.1, -0.05) is 38.0 Å². The molecule has 1 N–H and O–H groups in total. The number of allylic oxidation sites excluding steroid dienone is 3. The van der Waals surface area contributed by atoms with E-state index in [4.69, 9.17) is 4.74 Å². The smallest absolute Gasteiger partial charge is 0.244 e. The van der Waals surface area contributed by atoms with Crippen LogP contribution >= 0.6 is 0 Å². The second kappa shape index (κ2) is 8.92. The van der Waals surface area contributed by atoms with Crippen LogP contribution in [0.25, 0.3) is 0 Å². The maximum atomic E-state index is 11.6. The molecule has 2 unspecified atom stereocenters. The summed E-state index contributed by atoms with van der Waals surface area (Å²) < 4.78 is 5.32. The van der Waals surface area contributed by atoms with Crippen molar-refractivity contribution in [1.82, 2.24) is 5.32 Å². The molecule has 3 nitrogen and oxygen atoms in total. The van der Waals surface area contributed by atoms with Crippen LogP contribution in [-0.4, -0.2) is 25.2 Å². The lowest BCUT2D eigenvalue weighted by Gasteiger charge is -2.17. The predicted molar refractivity (Wildman–Crippen MR) is 74.3 cm³/mol. The molecule has 0 radical (unpaired) electrons. The van der Waals surface area contributed by atoms with Gasteiger partial charge in [0.25, 0.3) is 0 Å². The molecule has 1 fully saturated rings. The van der Waals surface area contributed by atoms with Crippen molar-refractivity contribution in [1.29, 1.82) is 0 Å². The first-order valence-corrected chi connectivity index (χ1v) is 6.95. The van der Waals surface area contributed by atoms with Crippen molar-refractivity contribution in [2.45, 2.75) is 45.6 Å². The number of nitrogens with one attached hydrogen (secondary N) is 1. The van der Waals surface area contributed by atoms with E-state index in [2.05, 4.69) is 18.3 Å². The van der Waals surface area contributed by atoms with Crippen molar-refractivity contribution in [2.24, 2.45) is 5.92 Å². The summed E-state index contributed by atoms with van der Waals surface area (Å²) in [4.78, 5) is 11.6. The Hall–Kier alpha value is -1.09. The molecule has 0 spiro atoms. The van der Waals surface area contributed by atoms with Crippen LogP contribution in [0.1, 0.15) is 39.5 Å². The third-order valence-corrected chi connectivity index (χ3v) is 3.26. The van der Waals surface area contributed by atoms with Crippen molar-refractivity contribution >= 4 is 5.91 Å². The molecular formula is C15H25NO2. The normalized spacial score (nSPS) is 21.8. The van der Waals surface area contributed by atoms with Crippen molar-refractivity contribution < 1.29 is 9.53 Å². The molecule has 18 heavy (non-hydrogen) atoms. The Morgan fingerprint density at radius 3 is 3.00 bits per heavy atom. The lowest BCUT2D eigenvalue weighted by atomic mass is 10.0. The molecule has 0 aromatic heterocycles. The second-order valence-electron chi connectivity index (χ2n) is 4.85. The minimum atomic E-state index is -0.0189. The zero-order valence-corrected chi connectivity index (χ0v) is 11.5. The van der Waals surface area contributed by atoms with Crippen LogP contribution in [0, 0.1) is 5.92 Å². The van der Waals surface area contributed by atoms with E-state index in [1.54, 1.807) is 6.08 Å². The Morgan fingerprint density at radius 2 is 2.33 bits per heavy atom. The van der Waals surface area contributed by atoms with E-state index >= 15 is 0 Å². The second-order valence-corrected chi connectivity index (χ2v) is 4.85. The average Bonchev–Trinajstić information content (AvgIpc) is 2.87. The molecule has 1 aliphatic rings. The summed E-state index contributed by atoms with van der Waals surface area (Å²) in [7, 11) is 0. The van der Waals surface area contributed by atoms with Gasteiger partial charge < -0.3 is 10.1 Å². The summed E-state index contributed by atoms with van der Waals surface area (Å²) in [5.41, 5.74) is 0. The lowest BCUT2D eigenvalue weighted by Crippen LogP contribution is -2.37.